The Hall–Kier alpha value is -1.33. The number of halogens is 6. The summed E-state index contributed by atoms with van der Waals surface area (Å²) in [6, 6.07) is 7.41. The summed E-state index contributed by atoms with van der Waals surface area (Å²) in [6.07, 6.45) is -3.92. The molecule has 0 aromatic heterocycles. The average Bonchev–Trinajstić information content (AvgIpc) is 2.66. The summed E-state index contributed by atoms with van der Waals surface area (Å²) < 4.78 is 63.9. The lowest BCUT2D eigenvalue weighted by Gasteiger charge is -2.24. The van der Waals surface area contributed by atoms with Crippen molar-refractivity contribution in [3.63, 3.8) is 0 Å². The van der Waals surface area contributed by atoms with Crippen LogP contribution in [0.15, 0.2) is 36.4 Å². The second kappa shape index (κ2) is 11.2. The number of anilines is 1. The van der Waals surface area contributed by atoms with Gasteiger partial charge in [-0.05, 0) is 35.9 Å². The van der Waals surface area contributed by atoms with E-state index in [-0.39, 0.29) is 11.6 Å². The van der Waals surface area contributed by atoms with Crippen LogP contribution in [-0.4, -0.2) is 39.4 Å². The van der Waals surface area contributed by atoms with Crippen molar-refractivity contribution in [1.82, 2.24) is 5.32 Å². The molecule has 1 N–H and O–H groups in total. The molecule has 0 heterocycles. The number of benzene rings is 2. The third kappa shape index (κ3) is 7.62. The molecule has 0 aliphatic rings. The molecule has 32 heavy (non-hydrogen) atoms. The Bertz CT molecular complexity index is 1060. The zero-order valence-electron chi connectivity index (χ0n) is 16.5. The number of alkyl halides is 3. The van der Waals surface area contributed by atoms with Crippen molar-refractivity contribution in [2.45, 2.75) is 11.9 Å². The maximum absolute atomic E-state index is 13.0. The molecule has 0 aliphatic carbocycles. The van der Waals surface area contributed by atoms with Crippen LogP contribution in [0, 0.1) is 0 Å². The molecule has 5 nitrogen and oxygen atoms in total. The van der Waals surface area contributed by atoms with E-state index in [2.05, 4.69) is 5.32 Å². The fraction of sp³-hybridized carbons (Fsp3) is 0.316. The number of rotatable bonds is 9. The summed E-state index contributed by atoms with van der Waals surface area (Å²) in [5.74, 6) is 0.278. The van der Waals surface area contributed by atoms with E-state index in [9.17, 15) is 26.4 Å². The van der Waals surface area contributed by atoms with Crippen molar-refractivity contribution < 1.29 is 26.4 Å². The third-order valence-corrected chi connectivity index (χ3v) is 7.25. The lowest BCUT2D eigenvalue weighted by molar-refractivity contribution is -0.137. The van der Waals surface area contributed by atoms with Gasteiger partial charge in [-0.25, -0.2) is 8.42 Å². The molecule has 0 aliphatic heterocycles. The molecule has 0 spiro atoms. The van der Waals surface area contributed by atoms with E-state index in [1.807, 2.05) is 0 Å². The monoisotopic (exact) mass is 548 g/mol. The Morgan fingerprint density at radius 2 is 1.72 bits per heavy atom. The van der Waals surface area contributed by atoms with Gasteiger partial charge in [-0.1, -0.05) is 40.9 Å². The van der Waals surface area contributed by atoms with Crippen LogP contribution in [0.25, 0.3) is 0 Å². The molecule has 2 aromatic carbocycles. The minimum absolute atomic E-state index is 0.194. The molecule has 0 saturated carbocycles. The number of nitrogens with zero attached hydrogens (tertiary/aromatic N) is 1. The van der Waals surface area contributed by atoms with Crippen molar-refractivity contribution >= 4 is 68.2 Å². The lowest BCUT2D eigenvalue weighted by atomic mass is 10.2. The van der Waals surface area contributed by atoms with Gasteiger partial charge in [-0.2, -0.15) is 24.9 Å². The zero-order chi connectivity index (χ0) is 24.1. The summed E-state index contributed by atoms with van der Waals surface area (Å²) in [5, 5.41) is 3.35. The van der Waals surface area contributed by atoms with E-state index >= 15 is 0 Å². The molecule has 2 rings (SSSR count). The second-order valence-corrected chi connectivity index (χ2v) is 10.8. The molecule has 0 atom stereocenters. The number of amides is 1. The van der Waals surface area contributed by atoms with Gasteiger partial charge in [0.2, 0.25) is 15.9 Å². The number of hydrogen-bond acceptors (Lipinski definition) is 4. The fourth-order valence-corrected chi connectivity index (χ4v) is 5.28. The SMILES string of the molecule is CS(=O)(=O)N(CC(=O)NCCSCc1c(Cl)cccc1Cl)c1cc(C(F)(F)F)ccc1Cl. The Balaban J connectivity index is 2.00. The van der Waals surface area contributed by atoms with Gasteiger partial charge in [0.25, 0.3) is 0 Å². The highest BCUT2D eigenvalue weighted by atomic mass is 35.5. The van der Waals surface area contributed by atoms with Crippen molar-refractivity contribution in [3.05, 3.63) is 62.6 Å². The molecule has 0 unspecified atom stereocenters. The number of carbonyl (C=O) groups is 1. The smallest absolute Gasteiger partial charge is 0.354 e. The van der Waals surface area contributed by atoms with Gasteiger partial charge in [-0.3, -0.25) is 9.10 Å². The Labute approximate surface area is 203 Å². The lowest BCUT2D eigenvalue weighted by Crippen LogP contribution is -2.41. The van der Waals surface area contributed by atoms with Gasteiger partial charge in [-0.15, -0.1) is 0 Å². The predicted molar refractivity (Wildman–Crippen MR) is 124 cm³/mol. The predicted octanol–water partition coefficient (Wildman–Crippen LogP) is 5.48. The first-order chi connectivity index (χ1) is 14.8. The third-order valence-electron chi connectivity index (χ3n) is 4.11. The first kappa shape index (κ1) is 26.9. The zero-order valence-corrected chi connectivity index (χ0v) is 20.4. The standard InChI is InChI=1S/C19H18Cl3F3N2O3S2/c1-32(29,30)27(17-9-12(19(23,24)25)5-6-16(17)22)10-18(28)26-7-8-31-11-13-14(20)3-2-4-15(13)21/h2-6,9H,7-8,10-11H2,1H3,(H,26,28). The van der Waals surface area contributed by atoms with E-state index in [4.69, 9.17) is 34.8 Å². The maximum Gasteiger partial charge on any atom is 0.416 e. The summed E-state index contributed by atoms with van der Waals surface area (Å²) in [5.41, 5.74) is -0.753. The molecular formula is C19H18Cl3F3N2O3S2. The average molecular weight is 550 g/mol. The first-order valence-corrected chi connectivity index (χ1v) is 13.1. The van der Waals surface area contributed by atoms with E-state index in [0.717, 1.165) is 24.0 Å². The summed E-state index contributed by atoms with van der Waals surface area (Å²) in [4.78, 5) is 12.3. The van der Waals surface area contributed by atoms with Crippen molar-refractivity contribution in [3.8, 4) is 0 Å². The van der Waals surface area contributed by atoms with Crippen molar-refractivity contribution in [1.29, 1.82) is 0 Å². The van der Waals surface area contributed by atoms with Crippen LogP contribution < -0.4 is 9.62 Å². The minimum atomic E-state index is -4.70. The Kier molecular flexibility index (Phi) is 9.42. The van der Waals surface area contributed by atoms with E-state index < -0.39 is 39.9 Å². The van der Waals surface area contributed by atoms with Gasteiger partial charge in [0, 0.05) is 28.1 Å². The van der Waals surface area contributed by atoms with Crippen LogP contribution in [-0.2, 0) is 26.7 Å². The molecule has 0 bridgehead atoms. The van der Waals surface area contributed by atoms with Gasteiger partial charge in [0.15, 0.2) is 0 Å². The highest BCUT2D eigenvalue weighted by molar-refractivity contribution is 7.98. The molecule has 2 aromatic rings. The Morgan fingerprint density at radius 1 is 1.09 bits per heavy atom. The molecular weight excluding hydrogens is 532 g/mol. The molecule has 0 saturated heterocycles. The second-order valence-electron chi connectivity index (χ2n) is 6.54. The Morgan fingerprint density at radius 3 is 2.28 bits per heavy atom. The summed E-state index contributed by atoms with van der Waals surface area (Å²) in [7, 11) is -4.09. The fourth-order valence-electron chi connectivity index (χ4n) is 2.55. The number of nitrogens with one attached hydrogen (secondary N) is 1. The van der Waals surface area contributed by atoms with Gasteiger partial charge < -0.3 is 5.32 Å². The van der Waals surface area contributed by atoms with E-state index in [1.165, 1.54) is 11.8 Å². The molecule has 13 heteroatoms. The normalized spacial score (nSPS) is 12.0. The van der Waals surface area contributed by atoms with Gasteiger partial charge in [0.1, 0.15) is 6.54 Å². The number of sulfonamides is 1. The van der Waals surface area contributed by atoms with Crippen LogP contribution in [0.3, 0.4) is 0 Å². The van der Waals surface area contributed by atoms with Crippen LogP contribution in [0.4, 0.5) is 18.9 Å². The topological polar surface area (TPSA) is 66.5 Å². The number of carbonyl (C=O) groups excluding carboxylic acids is 1. The van der Waals surface area contributed by atoms with E-state index in [1.54, 1.807) is 18.2 Å². The summed E-state index contributed by atoms with van der Waals surface area (Å²) >= 11 is 19.6. The summed E-state index contributed by atoms with van der Waals surface area (Å²) in [6.45, 7) is -0.527. The first-order valence-electron chi connectivity index (χ1n) is 8.92. The molecule has 1 amide bonds. The highest BCUT2D eigenvalue weighted by Crippen LogP contribution is 2.36. The quantitative estimate of drug-likeness (QED) is 0.421. The molecule has 0 fully saturated rings. The maximum atomic E-state index is 13.0. The largest absolute Gasteiger partial charge is 0.416 e. The van der Waals surface area contributed by atoms with Crippen LogP contribution in [0.1, 0.15) is 11.1 Å². The van der Waals surface area contributed by atoms with Crippen LogP contribution in [0.5, 0.6) is 0 Å². The number of hydrogen-bond donors (Lipinski definition) is 1. The molecule has 0 radical (unpaired) electrons. The van der Waals surface area contributed by atoms with Gasteiger partial charge >= 0.3 is 6.18 Å². The van der Waals surface area contributed by atoms with Crippen LogP contribution >= 0.6 is 46.6 Å². The van der Waals surface area contributed by atoms with E-state index in [0.29, 0.717) is 31.9 Å². The minimum Gasteiger partial charge on any atom is -0.354 e. The molecule has 176 valence electrons. The number of thioether (sulfide) groups is 1. The van der Waals surface area contributed by atoms with Crippen molar-refractivity contribution in [2.24, 2.45) is 0 Å². The highest BCUT2D eigenvalue weighted by Gasteiger charge is 2.33. The van der Waals surface area contributed by atoms with Crippen molar-refractivity contribution in [2.75, 3.05) is 29.4 Å². The van der Waals surface area contributed by atoms with Crippen LogP contribution in [0.2, 0.25) is 15.1 Å². The van der Waals surface area contributed by atoms with Gasteiger partial charge in [0.05, 0.1) is 22.5 Å².